The molecule has 4 rings (SSSR count). The van der Waals surface area contributed by atoms with Crippen LogP contribution in [-0.4, -0.2) is 25.5 Å². The molecule has 1 amide bonds. The van der Waals surface area contributed by atoms with Crippen LogP contribution in [0.2, 0.25) is 0 Å². The first-order chi connectivity index (χ1) is 15.4. The maximum Gasteiger partial charge on any atom is 0.276 e. The first kappa shape index (κ1) is 21.8. The largest absolute Gasteiger partial charge is 0.471 e. The van der Waals surface area contributed by atoms with Gasteiger partial charge in [-0.25, -0.2) is 4.68 Å². The average molecular weight is 494 g/mol. The summed E-state index contributed by atoms with van der Waals surface area (Å²) in [5, 5.41) is 11.9. The summed E-state index contributed by atoms with van der Waals surface area (Å²) >= 11 is 3.40. The van der Waals surface area contributed by atoms with E-state index in [1.54, 1.807) is 16.9 Å². The monoisotopic (exact) mass is 493 g/mol. The summed E-state index contributed by atoms with van der Waals surface area (Å²) in [6.07, 6.45) is 1.72. The van der Waals surface area contributed by atoms with Gasteiger partial charge in [0.1, 0.15) is 5.75 Å². The first-order valence-electron chi connectivity index (χ1n) is 10.2. The van der Waals surface area contributed by atoms with E-state index in [1.807, 2.05) is 54.9 Å². The number of nitrogens with zero attached hydrogens (tertiary/aromatic N) is 4. The highest BCUT2D eigenvalue weighted by molar-refractivity contribution is 9.10. The van der Waals surface area contributed by atoms with Crippen LogP contribution in [0, 0.1) is 20.8 Å². The molecule has 2 heterocycles. The Labute approximate surface area is 195 Å². The number of benzene rings is 2. The van der Waals surface area contributed by atoms with Crippen molar-refractivity contribution in [1.82, 2.24) is 19.6 Å². The second kappa shape index (κ2) is 9.40. The summed E-state index contributed by atoms with van der Waals surface area (Å²) < 4.78 is 10.2. The summed E-state index contributed by atoms with van der Waals surface area (Å²) in [4.78, 5) is 12.8. The van der Waals surface area contributed by atoms with Crippen LogP contribution in [0.15, 0.2) is 65.3 Å². The normalized spacial score (nSPS) is 10.9. The fourth-order valence-corrected chi connectivity index (χ4v) is 3.65. The summed E-state index contributed by atoms with van der Waals surface area (Å²) in [5.41, 5.74) is 5.10. The fourth-order valence-electron chi connectivity index (χ4n) is 3.38. The molecule has 0 saturated heterocycles. The van der Waals surface area contributed by atoms with Crippen LogP contribution in [0.1, 0.15) is 33.0 Å². The van der Waals surface area contributed by atoms with E-state index in [1.165, 1.54) is 11.1 Å². The molecule has 0 aliphatic carbocycles. The number of aromatic nitrogens is 4. The quantitative estimate of drug-likeness (QED) is 0.388. The average Bonchev–Trinajstić information content (AvgIpc) is 3.35. The topological polar surface area (TPSA) is 74.0 Å². The number of hydrogen-bond donors (Lipinski definition) is 1. The Kier molecular flexibility index (Phi) is 6.41. The van der Waals surface area contributed by atoms with Crippen molar-refractivity contribution in [3.63, 3.8) is 0 Å². The van der Waals surface area contributed by atoms with Crippen LogP contribution in [-0.2, 0) is 13.3 Å². The predicted molar refractivity (Wildman–Crippen MR) is 127 cm³/mol. The number of anilines is 1. The third kappa shape index (κ3) is 4.91. The molecule has 0 spiro atoms. The van der Waals surface area contributed by atoms with Gasteiger partial charge in [-0.3, -0.25) is 9.48 Å². The van der Waals surface area contributed by atoms with Gasteiger partial charge >= 0.3 is 0 Å². The second-order valence-corrected chi connectivity index (χ2v) is 8.47. The lowest BCUT2D eigenvalue weighted by molar-refractivity contribution is 0.102. The van der Waals surface area contributed by atoms with Gasteiger partial charge in [0.2, 0.25) is 0 Å². The Morgan fingerprint density at radius 2 is 1.78 bits per heavy atom. The van der Waals surface area contributed by atoms with Gasteiger partial charge in [-0.1, -0.05) is 40.2 Å². The van der Waals surface area contributed by atoms with Gasteiger partial charge in [-0.15, -0.1) is 0 Å². The Hall–Kier alpha value is -3.39. The van der Waals surface area contributed by atoms with E-state index >= 15 is 0 Å². The van der Waals surface area contributed by atoms with Gasteiger partial charge in [0.15, 0.2) is 12.4 Å². The molecule has 32 heavy (non-hydrogen) atoms. The van der Waals surface area contributed by atoms with Crippen LogP contribution in [0.25, 0.3) is 0 Å². The van der Waals surface area contributed by atoms with Crippen molar-refractivity contribution < 1.29 is 9.53 Å². The molecule has 0 aliphatic rings. The van der Waals surface area contributed by atoms with E-state index < -0.39 is 0 Å². The second-order valence-electron chi connectivity index (χ2n) is 7.55. The van der Waals surface area contributed by atoms with Crippen molar-refractivity contribution in [1.29, 1.82) is 0 Å². The van der Waals surface area contributed by atoms with Crippen molar-refractivity contribution in [2.75, 3.05) is 5.32 Å². The van der Waals surface area contributed by atoms with E-state index in [-0.39, 0.29) is 12.6 Å². The minimum absolute atomic E-state index is 0.210. The highest BCUT2D eigenvalue weighted by Gasteiger charge is 2.17. The van der Waals surface area contributed by atoms with Gasteiger partial charge in [0.05, 0.1) is 23.6 Å². The summed E-state index contributed by atoms with van der Waals surface area (Å²) in [5.74, 6) is 0.441. The highest BCUT2D eigenvalue weighted by atomic mass is 79.9. The molecule has 4 aromatic rings. The number of rotatable bonds is 7. The number of halogens is 1. The number of carbonyl (C=O) groups is 1. The maximum atomic E-state index is 12.8. The molecule has 1 N–H and O–H groups in total. The SMILES string of the molecule is Cc1ccccc1Cn1nc(C)c(NC(=O)c2ccn(COc3ccc(Br)cc3)n2)c1C. The molecular weight excluding hydrogens is 470 g/mol. The lowest BCUT2D eigenvalue weighted by Gasteiger charge is -2.09. The Morgan fingerprint density at radius 3 is 2.53 bits per heavy atom. The maximum absolute atomic E-state index is 12.8. The summed E-state index contributed by atoms with van der Waals surface area (Å²) in [6, 6.07) is 17.4. The van der Waals surface area contributed by atoms with Crippen molar-refractivity contribution in [2.45, 2.75) is 34.0 Å². The molecule has 0 fully saturated rings. The van der Waals surface area contributed by atoms with Crippen LogP contribution in [0.5, 0.6) is 5.75 Å². The van der Waals surface area contributed by atoms with E-state index in [0.717, 1.165) is 21.6 Å². The number of carbonyl (C=O) groups excluding carboxylic acids is 1. The zero-order valence-corrected chi connectivity index (χ0v) is 19.8. The molecular formula is C24H24BrN5O2. The van der Waals surface area contributed by atoms with E-state index in [2.05, 4.69) is 50.5 Å². The molecule has 0 saturated carbocycles. The van der Waals surface area contributed by atoms with Crippen LogP contribution in [0.4, 0.5) is 5.69 Å². The van der Waals surface area contributed by atoms with Crippen molar-refractivity contribution >= 4 is 27.5 Å². The van der Waals surface area contributed by atoms with E-state index in [9.17, 15) is 4.79 Å². The molecule has 0 atom stereocenters. The van der Waals surface area contributed by atoms with Gasteiger partial charge in [0.25, 0.3) is 5.91 Å². The third-order valence-corrected chi connectivity index (χ3v) is 5.78. The minimum atomic E-state index is -0.283. The molecule has 2 aromatic carbocycles. The Balaban J connectivity index is 1.42. The molecule has 0 radical (unpaired) electrons. The number of aryl methyl sites for hydroxylation is 2. The van der Waals surface area contributed by atoms with Gasteiger partial charge < -0.3 is 10.1 Å². The lowest BCUT2D eigenvalue weighted by atomic mass is 10.1. The zero-order valence-electron chi connectivity index (χ0n) is 18.2. The number of ether oxygens (including phenoxy) is 1. The standard InChI is InChI=1S/C24H24BrN5O2/c1-16-6-4-5-7-19(16)14-30-18(3)23(17(2)27-30)26-24(31)22-12-13-29(28-22)15-32-21-10-8-20(25)9-11-21/h4-13H,14-15H2,1-3H3,(H,26,31). The molecule has 8 heteroatoms. The van der Waals surface area contributed by atoms with Crippen LogP contribution in [0.3, 0.4) is 0 Å². The van der Waals surface area contributed by atoms with Gasteiger partial charge in [-0.2, -0.15) is 10.2 Å². The number of hydrogen-bond acceptors (Lipinski definition) is 4. The van der Waals surface area contributed by atoms with Crippen LogP contribution < -0.4 is 10.1 Å². The number of amides is 1. The fraction of sp³-hybridized carbons (Fsp3) is 0.208. The third-order valence-electron chi connectivity index (χ3n) is 5.25. The number of nitrogens with one attached hydrogen (secondary N) is 1. The molecule has 7 nitrogen and oxygen atoms in total. The van der Waals surface area contributed by atoms with Crippen molar-refractivity contribution in [2.24, 2.45) is 0 Å². The molecule has 0 bridgehead atoms. The predicted octanol–water partition coefficient (Wildman–Crippen LogP) is 5.10. The summed E-state index contributed by atoms with van der Waals surface area (Å²) in [6.45, 7) is 6.79. The smallest absolute Gasteiger partial charge is 0.276 e. The molecule has 2 aromatic heterocycles. The van der Waals surface area contributed by atoms with Crippen LogP contribution >= 0.6 is 15.9 Å². The minimum Gasteiger partial charge on any atom is -0.471 e. The highest BCUT2D eigenvalue weighted by Crippen LogP contribution is 2.22. The Morgan fingerprint density at radius 1 is 1.03 bits per heavy atom. The first-order valence-corrected chi connectivity index (χ1v) is 11.0. The van der Waals surface area contributed by atoms with Crippen molar-refractivity contribution in [3.05, 3.63) is 93.5 Å². The zero-order chi connectivity index (χ0) is 22.7. The molecule has 0 aliphatic heterocycles. The molecule has 164 valence electrons. The van der Waals surface area contributed by atoms with Gasteiger partial charge in [-0.05, 0) is 62.2 Å². The molecule has 0 unspecified atom stereocenters. The van der Waals surface area contributed by atoms with E-state index in [4.69, 9.17) is 4.74 Å². The summed E-state index contributed by atoms with van der Waals surface area (Å²) in [7, 11) is 0. The van der Waals surface area contributed by atoms with Gasteiger partial charge in [0, 0.05) is 10.7 Å². The Bertz CT molecular complexity index is 1240. The lowest BCUT2D eigenvalue weighted by Crippen LogP contribution is -2.15. The van der Waals surface area contributed by atoms with E-state index in [0.29, 0.717) is 17.9 Å². The van der Waals surface area contributed by atoms with Crippen molar-refractivity contribution in [3.8, 4) is 5.75 Å².